The first kappa shape index (κ1) is 16.0. The van der Waals surface area contributed by atoms with Gasteiger partial charge >= 0.3 is 0 Å². The number of hydrogen-bond donors (Lipinski definition) is 0. The number of ether oxygens (including phenoxy) is 4. The second-order valence-electron chi connectivity index (χ2n) is 7.81. The molecule has 0 unspecified atom stereocenters. The van der Waals surface area contributed by atoms with Gasteiger partial charge in [0, 0.05) is 11.8 Å². The number of rotatable bonds is 2. The van der Waals surface area contributed by atoms with Gasteiger partial charge in [0.2, 0.25) is 5.90 Å². The molecule has 1 aromatic rings. The van der Waals surface area contributed by atoms with Crippen molar-refractivity contribution in [1.82, 2.24) is 4.98 Å². The van der Waals surface area contributed by atoms with Gasteiger partial charge in [-0.25, -0.2) is 4.99 Å². The van der Waals surface area contributed by atoms with E-state index in [1.54, 1.807) is 6.20 Å². The summed E-state index contributed by atoms with van der Waals surface area (Å²) in [5.74, 6) is 0.0708. The molecule has 2 fully saturated rings. The highest BCUT2D eigenvalue weighted by Gasteiger charge is 2.54. The van der Waals surface area contributed by atoms with Gasteiger partial charge in [-0.1, -0.05) is 0 Å². The van der Waals surface area contributed by atoms with E-state index in [0.29, 0.717) is 12.5 Å². The van der Waals surface area contributed by atoms with Crippen LogP contribution in [0.25, 0.3) is 0 Å². The predicted octanol–water partition coefficient (Wildman–Crippen LogP) is 2.62. The molecular formula is C18H24N2O4. The number of nitrogens with zero attached hydrogens (tertiary/aromatic N) is 2. The fourth-order valence-electron chi connectivity index (χ4n) is 3.51. The number of pyridine rings is 1. The third-order valence-corrected chi connectivity index (χ3v) is 4.57. The molecule has 0 N–H and O–H groups in total. The maximum absolute atomic E-state index is 6.07. The summed E-state index contributed by atoms with van der Waals surface area (Å²) in [6, 6.07) is 3.89. The maximum Gasteiger partial charge on any atom is 0.216 e. The second-order valence-corrected chi connectivity index (χ2v) is 7.81. The number of aliphatic imine (C=N–C) groups is 1. The smallest absolute Gasteiger partial charge is 0.216 e. The van der Waals surface area contributed by atoms with Gasteiger partial charge in [-0.15, -0.1) is 0 Å². The van der Waals surface area contributed by atoms with Gasteiger partial charge < -0.3 is 18.9 Å². The van der Waals surface area contributed by atoms with Gasteiger partial charge in [-0.3, -0.25) is 4.98 Å². The van der Waals surface area contributed by atoms with Crippen LogP contribution < -0.4 is 0 Å². The third-order valence-electron chi connectivity index (χ3n) is 4.57. The molecule has 4 heterocycles. The molecule has 0 bridgehead atoms. The maximum atomic E-state index is 6.07. The summed E-state index contributed by atoms with van der Waals surface area (Å²) in [5.41, 5.74) is 1.56. The molecule has 24 heavy (non-hydrogen) atoms. The Kier molecular flexibility index (Phi) is 3.50. The van der Waals surface area contributed by atoms with Crippen LogP contribution in [-0.4, -0.2) is 47.1 Å². The Labute approximate surface area is 142 Å². The van der Waals surface area contributed by atoms with Crippen LogP contribution in [0.2, 0.25) is 0 Å². The van der Waals surface area contributed by atoms with Gasteiger partial charge in [0.15, 0.2) is 5.79 Å². The van der Waals surface area contributed by atoms with E-state index in [9.17, 15) is 0 Å². The highest BCUT2D eigenvalue weighted by atomic mass is 16.8. The zero-order valence-electron chi connectivity index (χ0n) is 14.8. The van der Waals surface area contributed by atoms with Gasteiger partial charge in [-0.2, -0.15) is 0 Å². The first-order valence-electron chi connectivity index (χ1n) is 8.44. The molecule has 0 aliphatic carbocycles. The van der Waals surface area contributed by atoms with E-state index in [2.05, 4.69) is 23.8 Å². The zero-order valence-corrected chi connectivity index (χ0v) is 14.8. The molecule has 2 saturated heterocycles. The summed E-state index contributed by atoms with van der Waals surface area (Å²) in [5, 5.41) is 0. The van der Waals surface area contributed by atoms with Gasteiger partial charge in [0.1, 0.15) is 24.9 Å². The van der Waals surface area contributed by atoms with Crippen molar-refractivity contribution in [2.24, 2.45) is 4.99 Å². The summed E-state index contributed by atoms with van der Waals surface area (Å²) < 4.78 is 23.8. The Morgan fingerprint density at radius 1 is 1.12 bits per heavy atom. The van der Waals surface area contributed by atoms with E-state index in [1.165, 1.54) is 0 Å². The van der Waals surface area contributed by atoms with Crippen LogP contribution in [-0.2, 0) is 18.9 Å². The summed E-state index contributed by atoms with van der Waals surface area (Å²) in [6.07, 6.45) is 1.26. The predicted molar refractivity (Wildman–Crippen MR) is 87.9 cm³/mol. The van der Waals surface area contributed by atoms with Crippen molar-refractivity contribution in [2.75, 3.05) is 6.61 Å². The Morgan fingerprint density at radius 3 is 2.58 bits per heavy atom. The third kappa shape index (κ3) is 2.72. The summed E-state index contributed by atoms with van der Waals surface area (Å²) in [7, 11) is 0. The molecule has 0 amide bonds. The number of fused-ring (bicyclic) bond motifs is 1. The van der Waals surface area contributed by atoms with Crippen molar-refractivity contribution < 1.29 is 18.9 Å². The van der Waals surface area contributed by atoms with E-state index in [-0.39, 0.29) is 30.0 Å². The molecule has 1 aromatic heterocycles. The van der Waals surface area contributed by atoms with Gasteiger partial charge in [-0.05, 0) is 46.8 Å². The first-order chi connectivity index (χ1) is 11.2. The Bertz CT molecular complexity index is 685. The van der Waals surface area contributed by atoms with Crippen LogP contribution in [0.1, 0.15) is 52.0 Å². The SMILES string of the molecule is C[C@H]1O[C@@H](c2cc(C3=NC(C)(C)CO3)ccn2)[C@@H]2OC(C)(C)O[C@@H]21. The highest BCUT2D eigenvalue weighted by Crippen LogP contribution is 2.44. The monoisotopic (exact) mass is 332 g/mol. The molecule has 0 saturated carbocycles. The second kappa shape index (κ2) is 5.25. The molecule has 0 spiro atoms. The number of hydrogen-bond acceptors (Lipinski definition) is 6. The fraction of sp³-hybridized carbons (Fsp3) is 0.667. The molecule has 4 rings (SSSR count). The van der Waals surface area contributed by atoms with E-state index in [4.69, 9.17) is 18.9 Å². The highest BCUT2D eigenvalue weighted by molar-refractivity contribution is 5.95. The Morgan fingerprint density at radius 2 is 1.88 bits per heavy atom. The average Bonchev–Trinajstić information content (AvgIpc) is 3.12. The Hall–Kier alpha value is -1.50. The first-order valence-corrected chi connectivity index (χ1v) is 8.44. The van der Waals surface area contributed by atoms with E-state index in [1.807, 2.05) is 32.9 Å². The lowest BCUT2D eigenvalue weighted by Crippen LogP contribution is -2.27. The largest absolute Gasteiger partial charge is 0.475 e. The van der Waals surface area contributed by atoms with Crippen molar-refractivity contribution in [3.63, 3.8) is 0 Å². The molecular weight excluding hydrogens is 308 g/mol. The molecule has 0 aromatic carbocycles. The van der Waals surface area contributed by atoms with Gasteiger partial charge in [0.05, 0.1) is 17.3 Å². The zero-order chi connectivity index (χ0) is 17.1. The average molecular weight is 332 g/mol. The van der Waals surface area contributed by atoms with Crippen LogP contribution in [0, 0.1) is 0 Å². The van der Waals surface area contributed by atoms with Crippen molar-refractivity contribution in [2.45, 2.75) is 70.4 Å². The molecule has 3 aliphatic heterocycles. The molecule has 4 atom stereocenters. The van der Waals surface area contributed by atoms with Crippen molar-refractivity contribution in [1.29, 1.82) is 0 Å². The van der Waals surface area contributed by atoms with Crippen LogP contribution in [0.5, 0.6) is 0 Å². The molecule has 6 nitrogen and oxygen atoms in total. The summed E-state index contributed by atoms with van der Waals surface area (Å²) in [6.45, 7) is 10.6. The van der Waals surface area contributed by atoms with E-state index in [0.717, 1.165) is 11.3 Å². The molecule has 0 radical (unpaired) electrons. The Balaban J connectivity index is 1.63. The minimum absolute atomic E-state index is 0.0359. The van der Waals surface area contributed by atoms with Crippen molar-refractivity contribution >= 4 is 5.90 Å². The lowest BCUT2D eigenvalue weighted by atomic mass is 10.0. The van der Waals surface area contributed by atoms with E-state index < -0.39 is 5.79 Å². The quantitative estimate of drug-likeness (QED) is 0.833. The summed E-state index contributed by atoms with van der Waals surface area (Å²) in [4.78, 5) is 9.13. The van der Waals surface area contributed by atoms with Crippen LogP contribution in [0.4, 0.5) is 0 Å². The van der Waals surface area contributed by atoms with Gasteiger partial charge in [0.25, 0.3) is 0 Å². The topological polar surface area (TPSA) is 62.2 Å². The van der Waals surface area contributed by atoms with Crippen LogP contribution in [0.3, 0.4) is 0 Å². The lowest BCUT2D eigenvalue weighted by molar-refractivity contribution is -0.186. The number of aromatic nitrogens is 1. The minimum atomic E-state index is -0.591. The lowest BCUT2D eigenvalue weighted by Gasteiger charge is -2.23. The molecule has 130 valence electrons. The van der Waals surface area contributed by atoms with Crippen LogP contribution in [0.15, 0.2) is 23.3 Å². The summed E-state index contributed by atoms with van der Waals surface area (Å²) >= 11 is 0. The van der Waals surface area contributed by atoms with Crippen molar-refractivity contribution in [3.8, 4) is 0 Å². The normalized spacial score (nSPS) is 36.3. The molecule has 3 aliphatic rings. The van der Waals surface area contributed by atoms with Crippen LogP contribution >= 0.6 is 0 Å². The standard InChI is InChI=1S/C18H24N2O4/c1-10-13-15(24-18(4,5)23-13)14(22-10)12-8-11(6-7-19-12)16-20-17(2,3)9-21-16/h6-8,10,13-15H,9H2,1-5H3/t10-,13-,14+,15-/m1/s1. The fourth-order valence-corrected chi connectivity index (χ4v) is 3.51. The molecule has 6 heteroatoms. The van der Waals surface area contributed by atoms with E-state index >= 15 is 0 Å². The van der Waals surface area contributed by atoms with Crippen molar-refractivity contribution in [3.05, 3.63) is 29.6 Å². The minimum Gasteiger partial charge on any atom is -0.475 e.